The van der Waals surface area contributed by atoms with Crippen molar-refractivity contribution in [2.75, 3.05) is 13.1 Å². The molecule has 0 bridgehead atoms. The van der Waals surface area contributed by atoms with Crippen LogP contribution in [0.15, 0.2) is 0 Å². The third-order valence-electron chi connectivity index (χ3n) is 4.54. The van der Waals surface area contributed by atoms with Gasteiger partial charge in [0.1, 0.15) is 4.88 Å². The summed E-state index contributed by atoms with van der Waals surface area (Å²) in [5, 5.41) is 10.1. The molecule has 1 N–H and O–H groups in total. The predicted octanol–water partition coefficient (Wildman–Crippen LogP) is 2.66. The molecule has 1 aromatic rings. The van der Waals surface area contributed by atoms with Gasteiger partial charge in [0.15, 0.2) is 0 Å². The second kappa shape index (κ2) is 5.75. The lowest BCUT2D eigenvalue weighted by molar-refractivity contribution is -0.141. The zero-order valence-electron chi connectivity index (χ0n) is 12.2. The van der Waals surface area contributed by atoms with Crippen LogP contribution in [0.2, 0.25) is 0 Å². The number of carbonyl (C=O) groups excluding carboxylic acids is 1. The number of aliphatic carboxylic acids is 1. The fourth-order valence-corrected chi connectivity index (χ4v) is 4.46. The minimum atomic E-state index is -0.807. The van der Waals surface area contributed by atoms with Crippen LogP contribution in [0.25, 0.3) is 0 Å². The molecule has 5 nitrogen and oxygen atoms in total. The Morgan fingerprint density at radius 3 is 2.62 bits per heavy atom. The van der Waals surface area contributed by atoms with Crippen molar-refractivity contribution >= 4 is 23.2 Å². The molecule has 1 atom stereocenters. The van der Waals surface area contributed by atoms with Crippen LogP contribution in [0.1, 0.15) is 58.4 Å². The summed E-state index contributed by atoms with van der Waals surface area (Å²) < 4.78 is 0. The van der Waals surface area contributed by atoms with E-state index < -0.39 is 11.9 Å². The molecule has 0 aromatic carbocycles. The summed E-state index contributed by atoms with van der Waals surface area (Å²) in [7, 11) is 0. The molecule has 0 radical (unpaired) electrons. The highest BCUT2D eigenvalue weighted by molar-refractivity contribution is 7.13. The summed E-state index contributed by atoms with van der Waals surface area (Å²) in [4.78, 5) is 30.5. The first-order chi connectivity index (χ1) is 10.1. The number of hydrogen-bond donors (Lipinski definition) is 1. The van der Waals surface area contributed by atoms with Gasteiger partial charge in [-0.15, -0.1) is 11.3 Å². The molecule has 1 aliphatic heterocycles. The molecule has 114 valence electrons. The Kier molecular flexibility index (Phi) is 3.97. The van der Waals surface area contributed by atoms with Crippen LogP contribution in [0.3, 0.4) is 0 Å². The lowest BCUT2D eigenvalue weighted by Crippen LogP contribution is -2.29. The molecule has 0 spiro atoms. The van der Waals surface area contributed by atoms with Crippen LogP contribution in [0.5, 0.6) is 0 Å². The molecular weight excluding hydrogens is 288 g/mol. The Bertz CT molecular complexity index is 563. The Morgan fingerprint density at radius 2 is 2.00 bits per heavy atom. The van der Waals surface area contributed by atoms with Crippen LogP contribution in [0, 0.1) is 12.8 Å². The third-order valence-corrected chi connectivity index (χ3v) is 5.84. The lowest BCUT2D eigenvalue weighted by atomic mass is 10.1. The molecule has 2 fully saturated rings. The molecule has 1 saturated carbocycles. The molecular formula is C15H20N2O3S. The fraction of sp³-hybridized carbons (Fsp3) is 0.667. The van der Waals surface area contributed by atoms with Gasteiger partial charge in [0.2, 0.25) is 0 Å². The molecule has 3 rings (SSSR count). The van der Waals surface area contributed by atoms with Crippen molar-refractivity contribution in [2.24, 2.45) is 5.92 Å². The molecule has 6 heteroatoms. The number of carboxylic acids is 1. The van der Waals surface area contributed by atoms with Gasteiger partial charge in [-0.1, -0.05) is 12.8 Å². The Hall–Kier alpha value is -1.43. The van der Waals surface area contributed by atoms with E-state index in [9.17, 15) is 9.59 Å². The number of amides is 1. The standard InChI is InChI=1S/C15H20N2O3S/c1-9-12(21-13(16-9)10-4-2-3-5-10)14(18)17-7-6-11(8-17)15(19)20/h10-11H,2-8H2,1H3,(H,19,20). The summed E-state index contributed by atoms with van der Waals surface area (Å²) in [6.45, 7) is 2.74. The maximum absolute atomic E-state index is 12.6. The minimum Gasteiger partial charge on any atom is -0.481 e. The van der Waals surface area contributed by atoms with Crippen molar-refractivity contribution < 1.29 is 14.7 Å². The molecule has 2 heterocycles. The van der Waals surface area contributed by atoms with Gasteiger partial charge in [-0.3, -0.25) is 9.59 Å². The van der Waals surface area contributed by atoms with Crippen molar-refractivity contribution in [2.45, 2.75) is 44.9 Å². The van der Waals surface area contributed by atoms with Crippen molar-refractivity contribution in [3.05, 3.63) is 15.6 Å². The lowest BCUT2D eigenvalue weighted by Gasteiger charge is -2.14. The topological polar surface area (TPSA) is 70.5 Å². The van der Waals surface area contributed by atoms with Crippen molar-refractivity contribution in [3.63, 3.8) is 0 Å². The second-order valence-corrected chi connectivity index (χ2v) is 7.05. The summed E-state index contributed by atoms with van der Waals surface area (Å²) in [5.74, 6) is -0.756. The first-order valence-corrected chi connectivity index (χ1v) is 8.37. The van der Waals surface area contributed by atoms with Gasteiger partial charge >= 0.3 is 5.97 Å². The highest BCUT2D eigenvalue weighted by atomic mass is 32.1. The number of nitrogens with zero attached hydrogens (tertiary/aromatic N) is 2. The van der Waals surface area contributed by atoms with E-state index in [-0.39, 0.29) is 5.91 Å². The number of aryl methyl sites for hydroxylation is 1. The molecule has 1 aliphatic carbocycles. The molecule has 2 aliphatic rings. The minimum absolute atomic E-state index is 0.0435. The van der Waals surface area contributed by atoms with Crippen molar-refractivity contribution in [3.8, 4) is 0 Å². The summed E-state index contributed by atoms with van der Waals surface area (Å²) in [5.41, 5.74) is 0.797. The number of aromatic nitrogens is 1. The van der Waals surface area contributed by atoms with Gasteiger partial charge in [0.25, 0.3) is 5.91 Å². The van der Waals surface area contributed by atoms with Crippen LogP contribution in [-0.2, 0) is 4.79 Å². The zero-order valence-corrected chi connectivity index (χ0v) is 13.0. The zero-order chi connectivity index (χ0) is 15.0. The third kappa shape index (κ3) is 2.81. The highest BCUT2D eigenvalue weighted by Gasteiger charge is 2.33. The van der Waals surface area contributed by atoms with Crippen LogP contribution >= 0.6 is 11.3 Å². The van der Waals surface area contributed by atoms with E-state index >= 15 is 0 Å². The normalized spacial score (nSPS) is 22.9. The van der Waals surface area contributed by atoms with Gasteiger partial charge in [0, 0.05) is 19.0 Å². The van der Waals surface area contributed by atoms with Gasteiger partial charge in [-0.25, -0.2) is 4.98 Å². The number of thiazole rings is 1. The SMILES string of the molecule is Cc1nc(C2CCCC2)sc1C(=O)N1CCC(C(=O)O)C1. The van der Waals surface area contributed by atoms with Gasteiger partial charge < -0.3 is 10.0 Å². The van der Waals surface area contributed by atoms with Gasteiger partial charge in [-0.05, 0) is 26.2 Å². The maximum Gasteiger partial charge on any atom is 0.308 e. The van der Waals surface area contributed by atoms with Crippen molar-refractivity contribution in [1.29, 1.82) is 0 Å². The van der Waals surface area contributed by atoms with E-state index in [4.69, 9.17) is 5.11 Å². The second-order valence-electron chi connectivity index (χ2n) is 6.02. The summed E-state index contributed by atoms with van der Waals surface area (Å²) in [6.07, 6.45) is 5.39. The van der Waals surface area contributed by atoms with E-state index in [1.807, 2.05) is 6.92 Å². The van der Waals surface area contributed by atoms with Crippen LogP contribution < -0.4 is 0 Å². The summed E-state index contributed by atoms with van der Waals surface area (Å²) in [6, 6.07) is 0. The maximum atomic E-state index is 12.6. The van der Waals surface area contributed by atoms with Crippen LogP contribution in [0.4, 0.5) is 0 Å². The van der Waals surface area contributed by atoms with E-state index in [1.54, 1.807) is 4.90 Å². The molecule has 1 amide bonds. The molecule has 1 unspecified atom stereocenters. The fourth-order valence-electron chi connectivity index (χ4n) is 3.25. The van der Waals surface area contributed by atoms with Crippen molar-refractivity contribution in [1.82, 2.24) is 9.88 Å². The molecule has 1 aromatic heterocycles. The first kappa shape index (κ1) is 14.5. The van der Waals surface area contributed by atoms with E-state index in [0.717, 1.165) is 10.7 Å². The predicted molar refractivity (Wildman–Crippen MR) is 79.7 cm³/mol. The van der Waals surface area contributed by atoms with Gasteiger partial charge in [-0.2, -0.15) is 0 Å². The number of likely N-dealkylation sites (tertiary alicyclic amines) is 1. The van der Waals surface area contributed by atoms with E-state index in [2.05, 4.69) is 4.98 Å². The average molecular weight is 308 g/mol. The number of carbonyl (C=O) groups is 2. The number of rotatable bonds is 3. The largest absolute Gasteiger partial charge is 0.481 e. The quantitative estimate of drug-likeness (QED) is 0.932. The smallest absolute Gasteiger partial charge is 0.308 e. The number of carboxylic acid groups (broad SMARTS) is 1. The Morgan fingerprint density at radius 1 is 1.29 bits per heavy atom. The number of hydrogen-bond acceptors (Lipinski definition) is 4. The van der Waals surface area contributed by atoms with E-state index in [0.29, 0.717) is 30.3 Å². The molecule has 21 heavy (non-hydrogen) atoms. The average Bonchev–Trinajstić information content (AvgIpc) is 3.18. The first-order valence-electron chi connectivity index (χ1n) is 7.55. The van der Waals surface area contributed by atoms with Crippen LogP contribution in [-0.4, -0.2) is 40.0 Å². The Labute approximate surface area is 128 Å². The monoisotopic (exact) mass is 308 g/mol. The van der Waals surface area contributed by atoms with Gasteiger partial charge in [0.05, 0.1) is 16.6 Å². The highest BCUT2D eigenvalue weighted by Crippen LogP contribution is 2.37. The molecule has 1 saturated heterocycles. The van der Waals surface area contributed by atoms with E-state index in [1.165, 1.54) is 37.0 Å². The summed E-state index contributed by atoms with van der Waals surface area (Å²) >= 11 is 1.51. The Balaban J connectivity index is 1.74.